The van der Waals surface area contributed by atoms with E-state index in [2.05, 4.69) is 22.7 Å². The van der Waals surface area contributed by atoms with E-state index in [9.17, 15) is 14.4 Å². The van der Waals surface area contributed by atoms with Crippen molar-refractivity contribution in [2.75, 3.05) is 26.2 Å². The van der Waals surface area contributed by atoms with Crippen molar-refractivity contribution in [2.45, 2.75) is 43.3 Å². The molecule has 2 saturated heterocycles. The Hall–Kier alpha value is -3.74. The Bertz CT molecular complexity index is 1240. The van der Waals surface area contributed by atoms with Gasteiger partial charge in [-0.2, -0.15) is 5.01 Å². The zero-order valence-corrected chi connectivity index (χ0v) is 22.6. The molecule has 3 heterocycles. The number of benzene rings is 2. The molecule has 4 amide bonds. The number of carbonyl (C=O) groups excluding carboxylic acids is 3. The lowest BCUT2D eigenvalue weighted by Crippen LogP contribution is -2.76. The summed E-state index contributed by atoms with van der Waals surface area (Å²) < 4.78 is 0. The van der Waals surface area contributed by atoms with Gasteiger partial charge in [0, 0.05) is 24.8 Å². The van der Waals surface area contributed by atoms with Gasteiger partial charge in [0.2, 0.25) is 11.8 Å². The molecule has 5 rings (SSSR count). The van der Waals surface area contributed by atoms with Crippen LogP contribution in [0, 0.1) is 12.3 Å². The Morgan fingerprint density at radius 1 is 1.05 bits per heavy atom. The van der Waals surface area contributed by atoms with Crippen molar-refractivity contribution in [1.82, 2.24) is 25.1 Å². The van der Waals surface area contributed by atoms with E-state index in [4.69, 9.17) is 6.42 Å². The summed E-state index contributed by atoms with van der Waals surface area (Å²) in [6.45, 7) is 1.18. The highest BCUT2D eigenvalue weighted by atomic mass is 32.2. The van der Waals surface area contributed by atoms with Gasteiger partial charge >= 0.3 is 6.03 Å². The van der Waals surface area contributed by atoms with Crippen LogP contribution in [0.15, 0.2) is 72.1 Å². The molecule has 0 saturated carbocycles. The van der Waals surface area contributed by atoms with Crippen molar-refractivity contribution >= 4 is 29.6 Å². The number of fused-ring (bicyclic) bond motifs is 1. The highest BCUT2D eigenvalue weighted by Gasteiger charge is 2.51. The largest absolute Gasteiger partial charge is 0.337 e. The lowest BCUT2D eigenvalue weighted by atomic mass is 9.98. The third kappa shape index (κ3) is 6.13. The van der Waals surface area contributed by atoms with Crippen LogP contribution in [0.3, 0.4) is 0 Å². The molecule has 2 aromatic rings. The number of carbonyl (C=O) groups is 3. The number of hydrogen-bond donors (Lipinski definition) is 1. The summed E-state index contributed by atoms with van der Waals surface area (Å²) in [4.78, 5) is 44.6. The Morgan fingerprint density at radius 3 is 2.44 bits per heavy atom. The average molecular weight is 544 g/mol. The van der Waals surface area contributed by atoms with Crippen molar-refractivity contribution in [2.24, 2.45) is 0 Å². The third-order valence-corrected chi connectivity index (χ3v) is 8.52. The molecule has 1 unspecified atom stereocenters. The molecule has 0 radical (unpaired) electrons. The molecule has 0 bridgehead atoms. The summed E-state index contributed by atoms with van der Waals surface area (Å²) in [6, 6.07) is 18.3. The fourth-order valence-electron chi connectivity index (χ4n) is 5.45. The molecule has 8 nitrogen and oxygen atoms in total. The molecule has 0 aliphatic carbocycles. The van der Waals surface area contributed by atoms with E-state index in [0.29, 0.717) is 24.8 Å². The van der Waals surface area contributed by atoms with Gasteiger partial charge in [-0.05, 0) is 29.4 Å². The van der Waals surface area contributed by atoms with E-state index in [1.54, 1.807) is 26.7 Å². The molecule has 3 atom stereocenters. The maximum atomic E-state index is 13.9. The molecule has 0 spiro atoms. The fourth-order valence-corrected chi connectivity index (χ4v) is 6.35. The van der Waals surface area contributed by atoms with E-state index < -0.39 is 12.2 Å². The van der Waals surface area contributed by atoms with Crippen molar-refractivity contribution in [1.29, 1.82) is 0 Å². The van der Waals surface area contributed by atoms with Gasteiger partial charge in [-0.25, -0.2) is 9.80 Å². The smallest absolute Gasteiger partial charge is 0.334 e. The van der Waals surface area contributed by atoms with E-state index in [1.807, 2.05) is 65.6 Å². The second-order valence-electron chi connectivity index (χ2n) is 9.94. The Morgan fingerprint density at radius 2 is 1.77 bits per heavy atom. The second kappa shape index (κ2) is 12.4. The number of urea groups is 1. The monoisotopic (exact) mass is 543 g/mol. The summed E-state index contributed by atoms with van der Waals surface area (Å²) in [5, 5.41) is 8.72. The summed E-state index contributed by atoms with van der Waals surface area (Å²) >= 11 is 1.79. The van der Waals surface area contributed by atoms with Crippen molar-refractivity contribution in [3.05, 3.63) is 83.3 Å². The first-order chi connectivity index (χ1) is 19.0. The second-order valence-corrected chi connectivity index (χ2v) is 11.2. The number of hydrazine groups is 1. The first-order valence-electron chi connectivity index (χ1n) is 13.3. The van der Waals surface area contributed by atoms with Crippen LogP contribution in [0.5, 0.6) is 0 Å². The maximum absolute atomic E-state index is 13.9. The number of nitrogens with one attached hydrogen (secondary N) is 1. The van der Waals surface area contributed by atoms with E-state index in [1.165, 1.54) is 0 Å². The number of amides is 4. The van der Waals surface area contributed by atoms with Crippen LogP contribution in [0.25, 0.3) is 0 Å². The molecule has 2 aromatic carbocycles. The Balaban J connectivity index is 1.43. The van der Waals surface area contributed by atoms with E-state index in [0.717, 1.165) is 24.0 Å². The number of rotatable bonds is 8. The Kier molecular flexibility index (Phi) is 8.54. The number of allylic oxidation sites excluding steroid dienone is 1. The van der Waals surface area contributed by atoms with Gasteiger partial charge in [-0.3, -0.25) is 9.59 Å². The molecular formula is C30H33N5O3S. The van der Waals surface area contributed by atoms with Crippen LogP contribution in [-0.2, 0) is 22.6 Å². The average Bonchev–Trinajstić information content (AvgIpc) is 3.47. The minimum absolute atomic E-state index is 0.0671. The van der Waals surface area contributed by atoms with Gasteiger partial charge in [0.25, 0.3) is 0 Å². The first-order valence-corrected chi connectivity index (χ1v) is 14.2. The van der Waals surface area contributed by atoms with Crippen LogP contribution in [0.4, 0.5) is 4.79 Å². The molecule has 1 N–H and O–H groups in total. The maximum Gasteiger partial charge on any atom is 0.334 e. The Labute approximate surface area is 234 Å². The predicted octanol–water partition coefficient (Wildman–Crippen LogP) is 3.08. The quantitative estimate of drug-likeness (QED) is 0.518. The van der Waals surface area contributed by atoms with Crippen LogP contribution >= 0.6 is 11.8 Å². The number of nitrogens with zero attached hydrogens (tertiary/aromatic N) is 4. The van der Waals surface area contributed by atoms with Crippen molar-refractivity contribution in [3.8, 4) is 12.3 Å². The summed E-state index contributed by atoms with van der Waals surface area (Å²) in [6.07, 6.45) is 9.36. The molecule has 3 aliphatic heterocycles. The molecule has 0 aromatic heterocycles. The van der Waals surface area contributed by atoms with Gasteiger partial charge in [0.05, 0.1) is 19.6 Å². The van der Waals surface area contributed by atoms with Crippen LogP contribution in [-0.4, -0.2) is 81.3 Å². The van der Waals surface area contributed by atoms with Crippen molar-refractivity contribution < 1.29 is 14.4 Å². The lowest BCUT2D eigenvalue weighted by molar-refractivity contribution is -0.188. The zero-order chi connectivity index (χ0) is 27.2. The molecule has 9 heteroatoms. The van der Waals surface area contributed by atoms with Gasteiger partial charge in [0.15, 0.2) is 0 Å². The molecule has 2 fully saturated rings. The highest BCUT2D eigenvalue weighted by Crippen LogP contribution is 2.31. The number of hydrogen-bond acceptors (Lipinski definition) is 5. The topological polar surface area (TPSA) is 76.2 Å². The first kappa shape index (κ1) is 26.9. The SMILES string of the molecule is C#CCN1CC(=O)N2[C@@H](Cc3ccccc3)C(=O)N(CCC3CC=CS3)C[C@@H]2N1C(=O)NCc1ccccc1. The zero-order valence-electron chi connectivity index (χ0n) is 21.8. The fraction of sp³-hybridized carbons (Fsp3) is 0.367. The molecule has 39 heavy (non-hydrogen) atoms. The standard InChI is InChI=1S/C30H33N5O3S/c1-2-16-33-22-28(36)34-26(19-23-10-5-3-6-11-23)29(37)32(17-15-25-14-9-18-39-25)21-27(34)35(33)30(38)31-20-24-12-7-4-8-13-24/h1,3-13,18,25-27H,14-17,19-22H2,(H,31,38)/t25?,26-,27-/m0/s1. The number of terminal acetylenes is 1. The van der Waals surface area contributed by atoms with Gasteiger partial charge in [-0.1, -0.05) is 72.7 Å². The van der Waals surface area contributed by atoms with Gasteiger partial charge in [0.1, 0.15) is 12.2 Å². The normalized spacial score (nSPS) is 23.1. The summed E-state index contributed by atoms with van der Waals surface area (Å²) in [5.41, 5.74) is 1.93. The predicted molar refractivity (Wildman–Crippen MR) is 152 cm³/mol. The van der Waals surface area contributed by atoms with E-state index in [-0.39, 0.29) is 37.5 Å². The minimum atomic E-state index is -0.703. The third-order valence-electron chi connectivity index (χ3n) is 7.36. The van der Waals surface area contributed by atoms with Crippen LogP contribution in [0.1, 0.15) is 24.0 Å². The molecular weight excluding hydrogens is 510 g/mol. The summed E-state index contributed by atoms with van der Waals surface area (Å²) in [7, 11) is 0. The highest BCUT2D eigenvalue weighted by molar-refractivity contribution is 8.03. The molecule has 3 aliphatic rings. The van der Waals surface area contributed by atoms with Gasteiger partial charge < -0.3 is 15.1 Å². The number of thioether (sulfide) groups is 1. The van der Waals surface area contributed by atoms with Gasteiger partial charge in [-0.15, -0.1) is 18.2 Å². The number of piperazine rings is 1. The van der Waals surface area contributed by atoms with Crippen molar-refractivity contribution in [3.63, 3.8) is 0 Å². The van der Waals surface area contributed by atoms with E-state index >= 15 is 0 Å². The lowest BCUT2D eigenvalue weighted by Gasteiger charge is -2.55. The van der Waals surface area contributed by atoms with Crippen LogP contribution < -0.4 is 5.32 Å². The van der Waals surface area contributed by atoms with Crippen LogP contribution in [0.2, 0.25) is 0 Å². The molecule has 202 valence electrons. The minimum Gasteiger partial charge on any atom is -0.337 e. The summed E-state index contributed by atoms with van der Waals surface area (Å²) in [5.74, 6) is 2.31.